The van der Waals surface area contributed by atoms with E-state index in [4.69, 9.17) is 5.84 Å². The average Bonchev–Trinajstić information content (AvgIpc) is 2.25. The first-order valence-electron chi connectivity index (χ1n) is 5.36. The molecule has 1 heterocycles. The van der Waals surface area contributed by atoms with Crippen LogP contribution in [0, 0.1) is 5.41 Å². The molecule has 0 aliphatic heterocycles. The highest BCUT2D eigenvalue weighted by molar-refractivity contribution is 9.10. The number of halogens is 1. The fourth-order valence-corrected chi connectivity index (χ4v) is 2.31. The molecule has 5 nitrogen and oxygen atoms in total. The SMILES string of the molecule is CC1(CNc2ncnc(NN)c2Br)CCC1. The van der Waals surface area contributed by atoms with E-state index in [1.54, 1.807) is 0 Å². The predicted octanol–water partition coefficient (Wildman–Crippen LogP) is 2.13. The van der Waals surface area contributed by atoms with Gasteiger partial charge in [-0.3, -0.25) is 0 Å². The summed E-state index contributed by atoms with van der Waals surface area (Å²) in [5.74, 6) is 6.72. The van der Waals surface area contributed by atoms with Gasteiger partial charge in [0.1, 0.15) is 16.6 Å². The number of aromatic nitrogens is 2. The molecule has 1 aliphatic carbocycles. The van der Waals surface area contributed by atoms with Gasteiger partial charge in [0.05, 0.1) is 0 Å². The van der Waals surface area contributed by atoms with Gasteiger partial charge in [0, 0.05) is 6.54 Å². The van der Waals surface area contributed by atoms with Gasteiger partial charge < -0.3 is 10.7 Å². The Bertz CT molecular complexity index is 377. The molecule has 0 spiro atoms. The molecule has 4 N–H and O–H groups in total. The number of rotatable bonds is 4. The van der Waals surface area contributed by atoms with Crippen molar-refractivity contribution >= 4 is 27.6 Å². The van der Waals surface area contributed by atoms with Crippen molar-refractivity contribution in [3.05, 3.63) is 10.8 Å². The van der Waals surface area contributed by atoms with Crippen LogP contribution in [0.5, 0.6) is 0 Å². The highest BCUT2D eigenvalue weighted by atomic mass is 79.9. The number of anilines is 2. The third-order valence-corrected chi connectivity index (χ3v) is 3.92. The van der Waals surface area contributed by atoms with Crippen molar-refractivity contribution in [2.45, 2.75) is 26.2 Å². The van der Waals surface area contributed by atoms with Crippen molar-refractivity contribution in [2.24, 2.45) is 11.3 Å². The Morgan fingerprint density at radius 2 is 2.12 bits per heavy atom. The molecule has 0 amide bonds. The molecule has 2 rings (SSSR count). The summed E-state index contributed by atoms with van der Waals surface area (Å²) in [5.41, 5.74) is 2.94. The van der Waals surface area contributed by atoms with Crippen molar-refractivity contribution in [1.29, 1.82) is 0 Å². The molecule has 0 atom stereocenters. The molecule has 0 saturated heterocycles. The van der Waals surface area contributed by atoms with Gasteiger partial charge in [-0.25, -0.2) is 15.8 Å². The van der Waals surface area contributed by atoms with E-state index in [0.29, 0.717) is 11.2 Å². The maximum atomic E-state index is 5.34. The summed E-state index contributed by atoms with van der Waals surface area (Å²) in [6, 6.07) is 0. The Morgan fingerprint density at radius 1 is 1.44 bits per heavy atom. The smallest absolute Gasteiger partial charge is 0.159 e. The van der Waals surface area contributed by atoms with Crippen LogP contribution in [0.15, 0.2) is 10.8 Å². The fraction of sp³-hybridized carbons (Fsp3) is 0.600. The standard InChI is InChI=1S/C10H16BrN5/c1-10(3-2-4-10)5-13-8-7(11)9(16-12)15-6-14-8/h6H,2-5,12H2,1H3,(H2,13,14,15,16). The van der Waals surface area contributed by atoms with Gasteiger partial charge in [-0.2, -0.15) is 0 Å². The monoisotopic (exact) mass is 285 g/mol. The van der Waals surface area contributed by atoms with Crippen molar-refractivity contribution in [3.8, 4) is 0 Å². The minimum atomic E-state index is 0.417. The van der Waals surface area contributed by atoms with E-state index in [0.717, 1.165) is 16.8 Å². The van der Waals surface area contributed by atoms with E-state index < -0.39 is 0 Å². The zero-order valence-corrected chi connectivity index (χ0v) is 10.8. The van der Waals surface area contributed by atoms with E-state index in [1.165, 1.54) is 25.6 Å². The minimum absolute atomic E-state index is 0.417. The van der Waals surface area contributed by atoms with Gasteiger partial charge in [0.2, 0.25) is 0 Å². The Hall–Kier alpha value is -0.880. The van der Waals surface area contributed by atoms with E-state index in [9.17, 15) is 0 Å². The molecule has 0 aromatic carbocycles. The van der Waals surface area contributed by atoms with Gasteiger partial charge in [-0.05, 0) is 34.2 Å². The normalized spacial score (nSPS) is 17.7. The van der Waals surface area contributed by atoms with Crippen LogP contribution in [-0.2, 0) is 0 Å². The number of nitrogen functional groups attached to an aromatic ring is 1. The lowest BCUT2D eigenvalue weighted by Gasteiger charge is -2.38. The van der Waals surface area contributed by atoms with Crippen molar-refractivity contribution in [2.75, 3.05) is 17.3 Å². The summed E-state index contributed by atoms with van der Waals surface area (Å²) in [5, 5.41) is 3.34. The summed E-state index contributed by atoms with van der Waals surface area (Å²) in [4.78, 5) is 8.19. The predicted molar refractivity (Wildman–Crippen MR) is 68.0 cm³/mol. The highest BCUT2D eigenvalue weighted by Gasteiger charge is 2.31. The molecular formula is C10H16BrN5. The van der Waals surface area contributed by atoms with Gasteiger partial charge in [-0.15, -0.1) is 0 Å². The van der Waals surface area contributed by atoms with Gasteiger partial charge in [0.15, 0.2) is 5.82 Å². The number of nitrogens with zero attached hydrogens (tertiary/aromatic N) is 2. The molecular weight excluding hydrogens is 270 g/mol. The quantitative estimate of drug-likeness (QED) is 0.584. The first-order valence-corrected chi connectivity index (χ1v) is 6.15. The van der Waals surface area contributed by atoms with Crippen molar-refractivity contribution in [3.63, 3.8) is 0 Å². The topological polar surface area (TPSA) is 75.9 Å². The van der Waals surface area contributed by atoms with Crippen LogP contribution in [-0.4, -0.2) is 16.5 Å². The van der Waals surface area contributed by atoms with Crippen LogP contribution in [0.1, 0.15) is 26.2 Å². The molecule has 88 valence electrons. The van der Waals surface area contributed by atoms with Crippen LogP contribution >= 0.6 is 15.9 Å². The number of hydrazine groups is 1. The zero-order valence-electron chi connectivity index (χ0n) is 9.26. The summed E-state index contributed by atoms with van der Waals surface area (Å²) in [6.45, 7) is 3.23. The van der Waals surface area contributed by atoms with Gasteiger partial charge in [0.25, 0.3) is 0 Å². The first-order chi connectivity index (χ1) is 7.64. The second-order valence-corrected chi connectivity index (χ2v) is 5.34. The molecule has 1 saturated carbocycles. The lowest BCUT2D eigenvalue weighted by Crippen LogP contribution is -2.33. The number of nitrogens with two attached hydrogens (primary N) is 1. The lowest BCUT2D eigenvalue weighted by molar-refractivity contribution is 0.180. The number of nitrogens with one attached hydrogen (secondary N) is 2. The molecule has 0 bridgehead atoms. The summed E-state index contributed by atoms with van der Waals surface area (Å²) < 4.78 is 0.778. The number of hydrogen-bond acceptors (Lipinski definition) is 5. The average molecular weight is 286 g/mol. The molecule has 0 unspecified atom stereocenters. The largest absolute Gasteiger partial charge is 0.368 e. The van der Waals surface area contributed by atoms with Crippen LogP contribution in [0.4, 0.5) is 11.6 Å². The van der Waals surface area contributed by atoms with Crippen LogP contribution in [0.2, 0.25) is 0 Å². The Kier molecular flexibility index (Phi) is 3.30. The van der Waals surface area contributed by atoms with E-state index in [-0.39, 0.29) is 0 Å². The molecule has 6 heteroatoms. The Balaban J connectivity index is 2.03. The first kappa shape index (κ1) is 11.6. The van der Waals surface area contributed by atoms with Crippen LogP contribution in [0.3, 0.4) is 0 Å². The Labute approximate surface area is 103 Å². The lowest BCUT2D eigenvalue weighted by atomic mass is 9.70. The summed E-state index contributed by atoms with van der Waals surface area (Å²) in [6.07, 6.45) is 5.39. The third kappa shape index (κ3) is 2.27. The van der Waals surface area contributed by atoms with Crippen LogP contribution in [0.25, 0.3) is 0 Å². The maximum absolute atomic E-state index is 5.34. The number of hydrogen-bond donors (Lipinski definition) is 3. The molecule has 1 aromatic heterocycles. The minimum Gasteiger partial charge on any atom is -0.368 e. The summed E-state index contributed by atoms with van der Waals surface area (Å²) in [7, 11) is 0. The van der Waals surface area contributed by atoms with Gasteiger partial charge in [-0.1, -0.05) is 13.3 Å². The van der Waals surface area contributed by atoms with Crippen molar-refractivity contribution < 1.29 is 0 Å². The van der Waals surface area contributed by atoms with E-state index >= 15 is 0 Å². The fourth-order valence-electron chi connectivity index (χ4n) is 1.85. The molecule has 0 radical (unpaired) electrons. The van der Waals surface area contributed by atoms with Gasteiger partial charge >= 0.3 is 0 Å². The molecule has 16 heavy (non-hydrogen) atoms. The van der Waals surface area contributed by atoms with E-state index in [2.05, 4.69) is 43.6 Å². The Morgan fingerprint density at radius 3 is 2.69 bits per heavy atom. The second-order valence-electron chi connectivity index (χ2n) is 4.55. The van der Waals surface area contributed by atoms with Crippen molar-refractivity contribution in [1.82, 2.24) is 9.97 Å². The maximum Gasteiger partial charge on any atom is 0.159 e. The second kappa shape index (κ2) is 4.55. The zero-order chi connectivity index (χ0) is 11.6. The molecule has 1 fully saturated rings. The highest BCUT2D eigenvalue weighted by Crippen LogP contribution is 2.40. The summed E-state index contributed by atoms with van der Waals surface area (Å²) >= 11 is 3.42. The molecule has 1 aromatic rings. The van der Waals surface area contributed by atoms with E-state index in [1.807, 2.05) is 0 Å². The van der Waals surface area contributed by atoms with Crippen LogP contribution < -0.4 is 16.6 Å². The molecule has 1 aliphatic rings. The third-order valence-electron chi connectivity index (χ3n) is 3.17.